The number of hydrogen-bond acceptors (Lipinski definition) is 5. The molecule has 1 fully saturated rings. The molecule has 0 unspecified atom stereocenters. The highest BCUT2D eigenvalue weighted by Crippen LogP contribution is 2.28. The van der Waals surface area contributed by atoms with Crippen LogP contribution in [-0.4, -0.2) is 36.3 Å². The van der Waals surface area contributed by atoms with Crippen molar-refractivity contribution in [2.45, 2.75) is 6.54 Å². The first-order valence-corrected chi connectivity index (χ1v) is 9.37. The van der Waals surface area contributed by atoms with Crippen LogP contribution in [0.1, 0.15) is 5.01 Å². The summed E-state index contributed by atoms with van der Waals surface area (Å²) in [6.45, 7) is 4.22. The molecule has 1 aliphatic heterocycles. The van der Waals surface area contributed by atoms with Gasteiger partial charge in [-0.05, 0) is 16.7 Å². The summed E-state index contributed by atoms with van der Waals surface area (Å²) in [4.78, 5) is 5.76. The molecule has 3 aromatic rings. The van der Waals surface area contributed by atoms with Crippen LogP contribution in [0.5, 0.6) is 0 Å². The molecule has 1 aliphatic rings. The topological polar surface area (TPSA) is 37.4 Å². The van der Waals surface area contributed by atoms with E-state index in [4.69, 9.17) is 4.74 Å². The fourth-order valence-electron chi connectivity index (χ4n) is 2.88. The van der Waals surface area contributed by atoms with Crippen LogP contribution in [-0.2, 0) is 11.3 Å². The summed E-state index contributed by atoms with van der Waals surface area (Å²) in [7, 11) is 0. The molecule has 128 valence electrons. The quantitative estimate of drug-likeness (QED) is 0.758. The number of aromatic nitrogens is 1. The molecule has 0 spiro atoms. The third kappa shape index (κ3) is 4.14. The second-order valence-corrected chi connectivity index (χ2v) is 7.11. The summed E-state index contributed by atoms with van der Waals surface area (Å²) in [5.41, 5.74) is 7.14. The SMILES string of the molecule is c1ccc(-c2ccc(-c3cnc(CNN4CCOCC4)s3)cc2)cc1. The molecule has 4 nitrogen and oxygen atoms in total. The molecule has 2 heterocycles. The van der Waals surface area contributed by atoms with Gasteiger partial charge in [-0.1, -0.05) is 54.6 Å². The minimum atomic E-state index is 0.771. The number of morpholine rings is 1. The van der Waals surface area contributed by atoms with Gasteiger partial charge < -0.3 is 4.74 Å². The summed E-state index contributed by atoms with van der Waals surface area (Å²) in [5.74, 6) is 0. The normalized spacial score (nSPS) is 15.4. The Labute approximate surface area is 152 Å². The zero-order valence-electron chi connectivity index (χ0n) is 14.0. The van der Waals surface area contributed by atoms with Crippen molar-refractivity contribution in [1.82, 2.24) is 15.4 Å². The number of rotatable bonds is 5. The molecule has 4 rings (SSSR count). The Morgan fingerprint density at radius 2 is 1.60 bits per heavy atom. The number of benzene rings is 2. The fourth-order valence-corrected chi connectivity index (χ4v) is 3.74. The van der Waals surface area contributed by atoms with E-state index in [0.29, 0.717) is 0 Å². The fraction of sp³-hybridized carbons (Fsp3) is 0.250. The van der Waals surface area contributed by atoms with Gasteiger partial charge in [-0.3, -0.25) is 0 Å². The third-order valence-corrected chi connectivity index (χ3v) is 5.34. The van der Waals surface area contributed by atoms with Gasteiger partial charge in [0.15, 0.2) is 0 Å². The maximum atomic E-state index is 5.36. The number of hydrazine groups is 1. The summed E-state index contributed by atoms with van der Waals surface area (Å²) < 4.78 is 5.36. The van der Waals surface area contributed by atoms with E-state index in [9.17, 15) is 0 Å². The maximum absolute atomic E-state index is 5.36. The number of nitrogens with one attached hydrogen (secondary N) is 1. The largest absolute Gasteiger partial charge is 0.379 e. The zero-order valence-corrected chi connectivity index (χ0v) is 14.8. The summed E-state index contributed by atoms with van der Waals surface area (Å²) >= 11 is 1.74. The minimum absolute atomic E-state index is 0.771. The molecule has 25 heavy (non-hydrogen) atoms. The second-order valence-electron chi connectivity index (χ2n) is 6.00. The molecular formula is C20H21N3OS. The van der Waals surface area contributed by atoms with Crippen molar-refractivity contribution in [2.24, 2.45) is 0 Å². The van der Waals surface area contributed by atoms with Gasteiger partial charge in [0.2, 0.25) is 0 Å². The van der Waals surface area contributed by atoms with E-state index >= 15 is 0 Å². The highest BCUT2D eigenvalue weighted by atomic mass is 32.1. The predicted molar refractivity (Wildman–Crippen MR) is 102 cm³/mol. The summed E-state index contributed by atoms with van der Waals surface area (Å²) in [6.07, 6.45) is 1.97. The van der Waals surface area contributed by atoms with Gasteiger partial charge in [-0.15, -0.1) is 11.3 Å². The van der Waals surface area contributed by atoms with Crippen LogP contribution in [0, 0.1) is 0 Å². The second kappa shape index (κ2) is 7.89. The molecule has 0 amide bonds. The standard InChI is InChI=1S/C20H21N3OS/c1-2-4-16(5-3-1)17-6-8-18(9-7-17)19-14-21-20(25-19)15-22-23-10-12-24-13-11-23/h1-9,14,22H,10-13,15H2. The molecule has 2 aromatic carbocycles. The van der Waals surface area contributed by atoms with Crippen LogP contribution in [0.15, 0.2) is 60.8 Å². The van der Waals surface area contributed by atoms with E-state index in [2.05, 4.69) is 63.9 Å². The van der Waals surface area contributed by atoms with E-state index in [1.54, 1.807) is 11.3 Å². The number of nitrogens with zero attached hydrogens (tertiary/aromatic N) is 2. The van der Waals surface area contributed by atoms with E-state index in [1.165, 1.54) is 21.6 Å². The maximum Gasteiger partial charge on any atom is 0.108 e. The van der Waals surface area contributed by atoms with E-state index in [1.807, 2.05) is 12.3 Å². The molecule has 0 bridgehead atoms. The van der Waals surface area contributed by atoms with Crippen molar-refractivity contribution in [3.63, 3.8) is 0 Å². The predicted octanol–water partition coefficient (Wildman–Crippen LogP) is 3.81. The first-order chi connectivity index (χ1) is 12.4. The lowest BCUT2D eigenvalue weighted by molar-refractivity contribution is 0.0105. The lowest BCUT2D eigenvalue weighted by Crippen LogP contribution is -2.45. The highest BCUT2D eigenvalue weighted by molar-refractivity contribution is 7.15. The highest BCUT2D eigenvalue weighted by Gasteiger charge is 2.11. The monoisotopic (exact) mass is 351 g/mol. The van der Waals surface area contributed by atoms with Crippen LogP contribution in [0.4, 0.5) is 0 Å². The Morgan fingerprint density at radius 3 is 2.36 bits per heavy atom. The van der Waals surface area contributed by atoms with Gasteiger partial charge >= 0.3 is 0 Å². The van der Waals surface area contributed by atoms with Crippen molar-refractivity contribution < 1.29 is 4.74 Å². The van der Waals surface area contributed by atoms with E-state index in [0.717, 1.165) is 37.9 Å². The Balaban J connectivity index is 1.41. The number of thiazole rings is 1. The Bertz CT molecular complexity index is 795. The van der Waals surface area contributed by atoms with Crippen molar-refractivity contribution >= 4 is 11.3 Å². The average Bonchev–Trinajstić information content (AvgIpc) is 3.17. The van der Waals surface area contributed by atoms with Crippen LogP contribution >= 0.6 is 11.3 Å². The minimum Gasteiger partial charge on any atom is -0.379 e. The van der Waals surface area contributed by atoms with Crippen LogP contribution in [0.3, 0.4) is 0 Å². The summed E-state index contributed by atoms with van der Waals surface area (Å²) in [5, 5.41) is 3.31. The first-order valence-electron chi connectivity index (χ1n) is 8.55. The van der Waals surface area contributed by atoms with Gasteiger partial charge in [-0.2, -0.15) is 0 Å². The smallest absolute Gasteiger partial charge is 0.108 e. The van der Waals surface area contributed by atoms with E-state index in [-0.39, 0.29) is 0 Å². The molecule has 1 N–H and O–H groups in total. The molecule has 0 radical (unpaired) electrons. The first kappa shape index (κ1) is 16.4. The zero-order chi connectivity index (χ0) is 16.9. The van der Waals surface area contributed by atoms with Crippen LogP contribution in [0.25, 0.3) is 21.6 Å². The molecule has 0 aliphatic carbocycles. The molecule has 0 saturated carbocycles. The van der Waals surface area contributed by atoms with Crippen LogP contribution < -0.4 is 5.43 Å². The Hall–Kier alpha value is -2.05. The van der Waals surface area contributed by atoms with Crippen molar-refractivity contribution in [2.75, 3.05) is 26.3 Å². The number of hydrogen-bond donors (Lipinski definition) is 1. The van der Waals surface area contributed by atoms with E-state index < -0.39 is 0 Å². The van der Waals surface area contributed by atoms with Crippen molar-refractivity contribution in [3.8, 4) is 21.6 Å². The lowest BCUT2D eigenvalue weighted by atomic mass is 10.0. The van der Waals surface area contributed by atoms with Crippen LogP contribution in [0.2, 0.25) is 0 Å². The summed E-state index contributed by atoms with van der Waals surface area (Å²) in [6, 6.07) is 19.2. The van der Waals surface area contributed by atoms with Gasteiger partial charge in [0, 0.05) is 19.3 Å². The van der Waals surface area contributed by atoms with Gasteiger partial charge in [0.25, 0.3) is 0 Å². The third-order valence-electron chi connectivity index (χ3n) is 4.30. The lowest BCUT2D eigenvalue weighted by Gasteiger charge is -2.26. The molecule has 0 atom stereocenters. The Morgan fingerprint density at radius 1 is 0.920 bits per heavy atom. The van der Waals surface area contributed by atoms with Gasteiger partial charge in [0.1, 0.15) is 5.01 Å². The van der Waals surface area contributed by atoms with Gasteiger partial charge in [-0.25, -0.2) is 15.4 Å². The Kier molecular flexibility index (Phi) is 5.18. The molecule has 1 aromatic heterocycles. The number of ether oxygens (including phenoxy) is 1. The van der Waals surface area contributed by atoms with Gasteiger partial charge in [0.05, 0.1) is 24.6 Å². The van der Waals surface area contributed by atoms with Crippen molar-refractivity contribution in [1.29, 1.82) is 0 Å². The molecule has 5 heteroatoms. The average molecular weight is 351 g/mol. The molecular weight excluding hydrogens is 330 g/mol. The van der Waals surface area contributed by atoms with Crippen molar-refractivity contribution in [3.05, 3.63) is 65.8 Å². The molecule has 1 saturated heterocycles.